The van der Waals surface area contributed by atoms with Gasteiger partial charge < -0.3 is 15.1 Å². The molecule has 4 aliphatic carbocycles. The molecule has 2 aromatic carbocycles. The molecule has 170 valence electrons. The Morgan fingerprint density at radius 1 is 1.06 bits per heavy atom. The number of aromatic nitrogens is 1. The number of carbonyl (C=O) groups is 1. The summed E-state index contributed by atoms with van der Waals surface area (Å²) in [6, 6.07) is 13.6. The summed E-state index contributed by atoms with van der Waals surface area (Å²) in [7, 11) is 0. The number of carbonyl (C=O) groups excluding carboxylic acids is 1. The summed E-state index contributed by atoms with van der Waals surface area (Å²) in [5.41, 5.74) is 4.52. The molecule has 1 heterocycles. The summed E-state index contributed by atoms with van der Waals surface area (Å²) in [4.78, 5) is 17.6. The number of nitrogens with zero attached hydrogens (tertiary/aromatic N) is 1. The predicted octanol–water partition coefficient (Wildman–Crippen LogP) is 6.22. The molecule has 0 spiro atoms. The minimum Gasteiger partial charge on any atom is -0.436 e. The number of oxazole rings is 1. The van der Waals surface area contributed by atoms with Crippen molar-refractivity contribution in [3.63, 3.8) is 0 Å². The zero-order chi connectivity index (χ0) is 22.6. The topological polar surface area (TPSA) is 67.2 Å². The van der Waals surface area contributed by atoms with Gasteiger partial charge in [-0.25, -0.2) is 4.98 Å². The van der Waals surface area contributed by atoms with Crippen molar-refractivity contribution in [1.82, 2.24) is 10.3 Å². The second kappa shape index (κ2) is 7.94. The fourth-order valence-electron chi connectivity index (χ4n) is 7.16. The number of hydrogen-bond acceptors (Lipinski definition) is 4. The van der Waals surface area contributed by atoms with E-state index in [9.17, 15) is 4.79 Å². The number of nitrogens with one attached hydrogen (secondary N) is 2. The maximum atomic E-state index is 12.9. The van der Waals surface area contributed by atoms with Crippen molar-refractivity contribution in [2.45, 2.75) is 51.9 Å². The first-order chi connectivity index (χ1) is 16.0. The van der Waals surface area contributed by atoms with E-state index in [0.29, 0.717) is 17.4 Å². The molecule has 0 atom stereocenters. The third-order valence-corrected chi connectivity index (χ3v) is 8.26. The highest BCUT2D eigenvalue weighted by molar-refractivity contribution is 7.80. The second-order valence-corrected chi connectivity index (χ2v) is 11.0. The van der Waals surface area contributed by atoms with Crippen LogP contribution in [0.3, 0.4) is 0 Å². The normalized spacial score (nSPS) is 27.6. The minimum absolute atomic E-state index is 0.0437. The molecule has 0 unspecified atom stereocenters. The standard InChI is InChI=1S/C27H29N3O2S/c1-16-20(25-28-22-6-2-3-8-23(22)32-25)5-4-7-21(16)29-26(33)30-24(31)15-27-12-17-9-18(13-27)11-19(10-17)14-27/h2-8,17-19H,9-15H2,1H3,(H2,29,30,31,33). The van der Waals surface area contributed by atoms with Crippen molar-refractivity contribution in [2.24, 2.45) is 23.2 Å². The van der Waals surface area contributed by atoms with Crippen LogP contribution in [-0.2, 0) is 4.79 Å². The maximum absolute atomic E-state index is 12.9. The SMILES string of the molecule is Cc1c(NC(=S)NC(=O)CC23CC4CC(CC(C4)C2)C3)cccc1-c1nc2ccccc2o1. The van der Waals surface area contributed by atoms with Gasteiger partial charge in [-0.2, -0.15) is 0 Å². The molecule has 4 aliphatic rings. The number of para-hydroxylation sites is 2. The summed E-state index contributed by atoms with van der Waals surface area (Å²) in [5, 5.41) is 6.53. The average molecular weight is 460 g/mol. The van der Waals surface area contributed by atoms with Gasteiger partial charge in [-0.1, -0.05) is 18.2 Å². The number of rotatable bonds is 4. The zero-order valence-corrected chi connectivity index (χ0v) is 19.7. The molecule has 0 radical (unpaired) electrons. The van der Waals surface area contributed by atoms with E-state index in [1.54, 1.807) is 0 Å². The molecule has 0 saturated heterocycles. The summed E-state index contributed by atoms with van der Waals surface area (Å²) in [5.74, 6) is 3.14. The first-order valence-electron chi connectivity index (χ1n) is 12.0. The smallest absolute Gasteiger partial charge is 0.227 e. The highest BCUT2D eigenvalue weighted by atomic mass is 32.1. The van der Waals surface area contributed by atoms with E-state index >= 15 is 0 Å². The van der Waals surface area contributed by atoms with Crippen LogP contribution in [0, 0.1) is 30.1 Å². The van der Waals surface area contributed by atoms with Gasteiger partial charge in [-0.3, -0.25) is 4.79 Å². The number of benzene rings is 2. The molecule has 5 nitrogen and oxygen atoms in total. The van der Waals surface area contributed by atoms with Crippen LogP contribution >= 0.6 is 12.2 Å². The van der Waals surface area contributed by atoms with E-state index in [1.165, 1.54) is 38.5 Å². The van der Waals surface area contributed by atoms with E-state index in [0.717, 1.165) is 45.7 Å². The molecule has 4 fully saturated rings. The third kappa shape index (κ3) is 3.95. The van der Waals surface area contributed by atoms with E-state index < -0.39 is 0 Å². The van der Waals surface area contributed by atoms with E-state index in [2.05, 4.69) is 15.6 Å². The lowest BCUT2D eigenvalue weighted by Crippen LogP contribution is -2.48. The Balaban J connectivity index is 1.14. The van der Waals surface area contributed by atoms with E-state index in [-0.39, 0.29) is 11.3 Å². The van der Waals surface area contributed by atoms with Crippen LogP contribution in [-0.4, -0.2) is 16.0 Å². The number of thiocarbonyl (C=S) groups is 1. The fraction of sp³-hybridized carbons (Fsp3) is 0.444. The van der Waals surface area contributed by atoms with Crippen LogP contribution in [0.2, 0.25) is 0 Å². The average Bonchev–Trinajstić information content (AvgIpc) is 3.17. The van der Waals surface area contributed by atoms with Crippen LogP contribution in [0.1, 0.15) is 50.5 Å². The van der Waals surface area contributed by atoms with E-state index in [4.69, 9.17) is 16.6 Å². The van der Waals surface area contributed by atoms with Crippen LogP contribution in [0.25, 0.3) is 22.6 Å². The monoisotopic (exact) mass is 459 g/mol. The van der Waals surface area contributed by atoms with Gasteiger partial charge in [0.15, 0.2) is 10.7 Å². The lowest BCUT2D eigenvalue weighted by Gasteiger charge is -2.56. The Bertz CT molecular complexity index is 1180. The van der Waals surface area contributed by atoms with Crippen molar-refractivity contribution in [3.05, 3.63) is 48.0 Å². The highest BCUT2D eigenvalue weighted by Crippen LogP contribution is 2.61. The first-order valence-corrected chi connectivity index (χ1v) is 12.4. The molecule has 33 heavy (non-hydrogen) atoms. The largest absolute Gasteiger partial charge is 0.436 e. The van der Waals surface area contributed by atoms with Gasteiger partial charge in [-0.05, 0) is 111 Å². The molecule has 3 aromatic rings. The van der Waals surface area contributed by atoms with Gasteiger partial charge in [0.2, 0.25) is 11.8 Å². The van der Waals surface area contributed by atoms with Gasteiger partial charge in [0.25, 0.3) is 0 Å². The third-order valence-electron chi connectivity index (χ3n) is 8.06. The van der Waals surface area contributed by atoms with Crippen LogP contribution in [0.5, 0.6) is 0 Å². The Hall–Kier alpha value is -2.73. The summed E-state index contributed by atoms with van der Waals surface area (Å²) in [6.45, 7) is 2.01. The van der Waals surface area contributed by atoms with Gasteiger partial charge in [0.05, 0.1) is 0 Å². The molecule has 7 rings (SSSR count). The molecule has 1 aromatic heterocycles. The molecule has 4 saturated carbocycles. The quantitative estimate of drug-likeness (QED) is 0.453. The Kier molecular flexibility index (Phi) is 5.02. The minimum atomic E-state index is 0.0437. The Labute approximate surface area is 199 Å². The maximum Gasteiger partial charge on any atom is 0.227 e. The molecule has 2 N–H and O–H groups in total. The summed E-state index contributed by atoms with van der Waals surface area (Å²) < 4.78 is 5.95. The lowest BCUT2D eigenvalue weighted by molar-refractivity contribution is -0.127. The summed E-state index contributed by atoms with van der Waals surface area (Å²) >= 11 is 5.51. The van der Waals surface area contributed by atoms with Crippen LogP contribution < -0.4 is 10.6 Å². The molecule has 1 amide bonds. The molecular weight excluding hydrogens is 430 g/mol. The van der Waals surface area contributed by atoms with Gasteiger partial charge >= 0.3 is 0 Å². The first kappa shape index (κ1) is 20.8. The fourth-order valence-corrected chi connectivity index (χ4v) is 7.39. The van der Waals surface area contributed by atoms with Gasteiger partial charge in [0, 0.05) is 17.7 Å². The zero-order valence-electron chi connectivity index (χ0n) is 18.9. The molecular formula is C27H29N3O2S. The Morgan fingerprint density at radius 2 is 1.76 bits per heavy atom. The molecule has 4 bridgehead atoms. The second-order valence-electron chi connectivity index (χ2n) is 10.6. The van der Waals surface area contributed by atoms with E-state index in [1.807, 2.05) is 49.4 Å². The molecule has 0 aliphatic heterocycles. The van der Waals surface area contributed by atoms with Crippen molar-refractivity contribution in [2.75, 3.05) is 5.32 Å². The van der Waals surface area contributed by atoms with Crippen LogP contribution in [0.4, 0.5) is 5.69 Å². The van der Waals surface area contributed by atoms with Crippen molar-refractivity contribution in [1.29, 1.82) is 0 Å². The van der Waals surface area contributed by atoms with Crippen molar-refractivity contribution >= 4 is 40.0 Å². The van der Waals surface area contributed by atoms with Crippen molar-refractivity contribution < 1.29 is 9.21 Å². The van der Waals surface area contributed by atoms with Crippen LogP contribution in [0.15, 0.2) is 46.9 Å². The Morgan fingerprint density at radius 3 is 2.45 bits per heavy atom. The predicted molar refractivity (Wildman–Crippen MR) is 134 cm³/mol. The lowest BCUT2D eigenvalue weighted by atomic mass is 9.49. The van der Waals surface area contributed by atoms with Gasteiger partial charge in [-0.15, -0.1) is 0 Å². The van der Waals surface area contributed by atoms with Gasteiger partial charge in [0.1, 0.15) is 5.52 Å². The number of anilines is 1. The molecule has 6 heteroatoms. The van der Waals surface area contributed by atoms with Crippen molar-refractivity contribution in [3.8, 4) is 11.5 Å². The number of fused-ring (bicyclic) bond motifs is 1. The summed E-state index contributed by atoms with van der Waals surface area (Å²) in [6.07, 6.45) is 8.42. The number of amides is 1. The number of hydrogen-bond donors (Lipinski definition) is 2. The highest BCUT2D eigenvalue weighted by Gasteiger charge is 2.51.